The Morgan fingerprint density at radius 2 is 2.40 bits per heavy atom. The molecule has 1 saturated heterocycles. The van der Waals surface area contributed by atoms with E-state index in [1.54, 1.807) is 5.01 Å². The molecule has 2 atom stereocenters. The minimum Gasteiger partial charge on any atom is -0.389 e. The van der Waals surface area contributed by atoms with Gasteiger partial charge in [-0.3, -0.25) is 5.84 Å². The summed E-state index contributed by atoms with van der Waals surface area (Å²) in [5, 5.41) is 10.8. The van der Waals surface area contributed by atoms with Crippen molar-refractivity contribution < 1.29 is 9.84 Å². The van der Waals surface area contributed by atoms with E-state index in [1.165, 1.54) is 0 Å². The van der Waals surface area contributed by atoms with Gasteiger partial charge >= 0.3 is 0 Å². The molecule has 1 fully saturated rings. The van der Waals surface area contributed by atoms with Crippen LogP contribution >= 0.6 is 0 Å². The molecule has 0 aromatic heterocycles. The van der Waals surface area contributed by atoms with Gasteiger partial charge in [0.05, 0.1) is 12.2 Å². The van der Waals surface area contributed by atoms with Crippen molar-refractivity contribution >= 4 is 0 Å². The summed E-state index contributed by atoms with van der Waals surface area (Å²) in [5.74, 6) is 5.44. The average molecular weight is 146 g/mol. The van der Waals surface area contributed by atoms with E-state index < -0.39 is 6.10 Å². The summed E-state index contributed by atoms with van der Waals surface area (Å²) < 4.78 is 5.21. The lowest BCUT2D eigenvalue weighted by atomic mass is 10.3. The van der Waals surface area contributed by atoms with Gasteiger partial charge in [-0.15, -0.1) is 0 Å². The quantitative estimate of drug-likeness (QED) is 0.488. The fourth-order valence-electron chi connectivity index (χ4n) is 1.16. The van der Waals surface area contributed by atoms with Gasteiger partial charge in [-0.05, 0) is 6.92 Å². The summed E-state index contributed by atoms with van der Waals surface area (Å²) in [7, 11) is 0. The van der Waals surface area contributed by atoms with Crippen LogP contribution in [0.5, 0.6) is 0 Å². The number of rotatable bonds is 2. The van der Waals surface area contributed by atoms with Crippen LogP contribution in [-0.4, -0.2) is 42.0 Å². The van der Waals surface area contributed by atoms with Crippen LogP contribution in [0, 0.1) is 0 Å². The van der Waals surface area contributed by atoms with Gasteiger partial charge in [-0.1, -0.05) is 0 Å². The maximum atomic E-state index is 9.24. The van der Waals surface area contributed by atoms with Crippen molar-refractivity contribution in [3.63, 3.8) is 0 Å². The van der Waals surface area contributed by atoms with Gasteiger partial charge in [-0.25, -0.2) is 5.01 Å². The maximum absolute atomic E-state index is 9.24. The zero-order valence-electron chi connectivity index (χ0n) is 6.16. The molecule has 3 N–H and O–H groups in total. The first-order valence-corrected chi connectivity index (χ1v) is 3.53. The number of hydrogen-bond acceptors (Lipinski definition) is 4. The van der Waals surface area contributed by atoms with E-state index in [4.69, 9.17) is 10.6 Å². The summed E-state index contributed by atoms with van der Waals surface area (Å²) in [6.45, 7) is 3.70. The monoisotopic (exact) mass is 146 g/mol. The van der Waals surface area contributed by atoms with Crippen LogP contribution < -0.4 is 5.84 Å². The normalized spacial score (nSPS) is 35.1. The Morgan fingerprint density at radius 1 is 1.70 bits per heavy atom. The van der Waals surface area contributed by atoms with Crippen LogP contribution in [0.4, 0.5) is 0 Å². The summed E-state index contributed by atoms with van der Waals surface area (Å²) in [6, 6.07) is 0. The molecule has 0 bridgehead atoms. The van der Waals surface area contributed by atoms with Gasteiger partial charge < -0.3 is 9.84 Å². The first kappa shape index (κ1) is 7.94. The zero-order chi connectivity index (χ0) is 7.56. The van der Waals surface area contributed by atoms with Gasteiger partial charge in [0, 0.05) is 19.7 Å². The standard InChI is InChI=1S/C6H14N2O2/c1-2-10-6-4-8(7)3-5(6)9/h5-6,9H,2-4,7H2,1H3/t5-,6+/m1/s1. The first-order chi connectivity index (χ1) is 4.74. The van der Waals surface area contributed by atoms with E-state index in [1.807, 2.05) is 6.92 Å². The molecule has 0 amide bonds. The topological polar surface area (TPSA) is 58.7 Å². The molecule has 1 rings (SSSR count). The molecule has 0 radical (unpaired) electrons. The van der Waals surface area contributed by atoms with E-state index in [0.717, 1.165) is 0 Å². The lowest BCUT2D eigenvalue weighted by molar-refractivity contribution is -0.00242. The number of nitrogens with zero attached hydrogens (tertiary/aromatic N) is 1. The Kier molecular flexibility index (Phi) is 2.62. The highest BCUT2D eigenvalue weighted by molar-refractivity contribution is 4.81. The summed E-state index contributed by atoms with van der Waals surface area (Å²) in [5.41, 5.74) is 0. The number of hydrogen-bond donors (Lipinski definition) is 2. The second-order valence-corrected chi connectivity index (χ2v) is 2.52. The summed E-state index contributed by atoms with van der Waals surface area (Å²) >= 11 is 0. The van der Waals surface area contributed by atoms with Gasteiger partial charge in [0.2, 0.25) is 0 Å². The molecular weight excluding hydrogens is 132 g/mol. The third kappa shape index (κ3) is 1.67. The molecular formula is C6H14N2O2. The Bertz CT molecular complexity index is 110. The first-order valence-electron chi connectivity index (χ1n) is 3.53. The summed E-state index contributed by atoms with van der Waals surface area (Å²) in [4.78, 5) is 0. The van der Waals surface area contributed by atoms with Crippen molar-refractivity contribution in [2.75, 3.05) is 19.7 Å². The van der Waals surface area contributed by atoms with E-state index >= 15 is 0 Å². The molecule has 10 heavy (non-hydrogen) atoms. The molecule has 4 heteroatoms. The van der Waals surface area contributed by atoms with Crippen LogP contribution in [-0.2, 0) is 4.74 Å². The van der Waals surface area contributed by atoms with Crippen molar-refractivity contribution in [3.8, 4) is 0 Å². The van der Waals surface area contributed by atoms with Crippen molar-refractivity contribution in [2.24, 2.45) is 5.84 Å². The number of ether oxygens (including phenoxy) is 1. The SMILES string of the molecule is CCO[C@H]1CN(N)C[C@H]1O. The zero-order valence-corrected chi connectivity index (χ0v) is 6.16. The maximum Gasteiger partial charge on any atom is 0.0987 e. The van der Waals surface area contributed by atoms with E-state index in [9.17, 15) is 5.11 Å². The van der Waals surface area contributed by atoms with E-state index in [0.29, 0.717) is 19.7 Å². The number of hydrazine groups is 1. The molecule has 60 valence electrons. The molecule has 1 aliphatic heterocycles. The molecule has 0 unspecified atom stereocenters. The second kappa shape index (κ2) is 3.30. The van der Waals surface area contributed by atoms with Crippen molar-refractivity contribution in [1.29, 1.82) is 0 Å². The van der Waals surface area contributed by atoms with E-state index in [2.05, 4.69) is 0 Å². The number of aliphatic hydroxyl groups is 1. The molecule has 0 spiro atoms. The highest BCUT2D eigenvalue weighted by Crippen LogP contribution is 2.09. The van der Waals surface area contributed by atoms with Crippen LogP contribution in [0.2, 0.25) is 0 Å². The predicted octanol–water partition coefficient (Wildman–Crippen LogP) is -1.06. The number of nitrogens with two attached hydrogens (primary N) is 1. The minimum atomic E-state index is -0.412. The lowest BCUT2D eigenvalue weighted by Gasteiger charge is -2.11. The fourth-order valence-corrected chi connectivity index (χ4v) is 1.16. The van der Waals surface area contributed by atoms with Crippen LogP contribution in [0.15, 0.2) is 0 Å². The van der Waals surface area contributed by atoms with Gasteiger partial charge in [0.1, 0.15) is 0 Å². The predicted molar refractivity (Wildman–Crippen MR) is 37.2 cm³/mol. The molecule has 0 aromatic carbocycles. The van der Waals surface area contributed by atoms with Crippen LogP contribution in [0.1, 0.15) is 6.92 Å². The Balaban J connectivity index is 2.31. The Morgan fingerprint density at radius 3 is 2.80 bits per heavy atom. The molecule has 1 heterocycles. The highest BCUT2D eigenvalue weighted by atomic mass is 16.5. The average Bonchev–Trinajstić information content (AvgIpc) is 2.13. The lowest BCUT2D eigenvalue weighted by Crippen LogP contribution is -2.29. The molecule has 0 saturated carbocycles. The van der Waals surface area contributed by atoms with Crippen LogP contribution in [0.3, 0.4) is 0 Å². The van der Waals surface area contributed by atoms with Crippen molar-refractivity contribution in [3.05, 3.63) is 0 Å². The Hall–Kier alpha value is -0.160. The summed E-state index contributed by atoms with van der Waals surface area (Å²) in [6.07, 6.45) is -0.500. The van der Waals surface area contributed by atoms with Crippen molar-refractivity contribution in [1.82, 2.24) is 5.01 Å². The molecule has 0 aliphatic carbocycles. The largest absolute Gasteiger partial charge is 0.389 e. The minimum absolute atomic E-state index is 0.0880. The fraction of sp³-hybridized carbons (Fsp3) is 1.00. The molecule has 4 nitrogen and oxygen atoms in total. The second-order valence-electron chi connectivity index (χ2n) is 2.52. The third-order valence-corrected chi connectivity index (χ3v) is 1.65. The van der Waals surface area contributed by atoms with Gasteiger partial charge in [0.15, 0.2) is 0 Å². The molecule has 1 aliphatic rings. The highest BCUT2D eigenvalue weighted by Gasteiger charge is 2.29. The van der Waals surface area contributed by atoms with Gasteiger partial charge in [-0.2, -0.15) is 0 Å². The Labute approximate surface area is 60.5 Å². The smallest absolute Gasteiger partial charge is 0.0987 e. The third-order valence-electron chi connectivity index (χ3n) is 1.65. The van der Waals surface area contributed by atoms with Crippen molar-refractivity contribution in [2.45, 2.75) is 19.1 Å². The number of β-amino-alcohol motifs (C(OH)–C–C–N with tert-alkyl or cyclic N) is 1. The van der Waals surface area contributed by atoms with Gasteiger partial charge in [0.25, 0.3) is 0 Å². The van der Waals surface area contributed by atoms with E-state index in [-0.39, 0.29) is 6.10 Å². The molecule has 0 aromatic rings. The number of aliphatic hydroxyl groups excluding tert-OH is 1. The van der Waals surface area contributed by atoms with Crippen LogP contribution in [0.25, 0.3) is 0 Å².